The summed E-state index contributed by atoms with van der Waals surface area (Å²) in [5.74, 6) is 3.43. The first-order chi connectivity index (χ1) is 20.5. The van der Waals surface area contributed by atoms with Gasteiger partial charge >= 0.3 is 12.4 Å². The summed E-state index contributed by atoms with van der Waals surface area (Å²) in [5.41, 5.74) is -2.72. The average molecular weight is 620 g/mol. The molecule has 11 heteroatoms. The average Bonchev–Trinajstić information content (AvgIpc) is 2.99. The third-order valence-electron chi connectivity index (χ3n) is 7.75. The zero-order valence-electron chi connectivity index (χ0n) is 23.3. The minimum absolute atomic E-state index is 0.0415. The van der Waals surface area contributed by atoms with E-state index in [-0.39, 0.29) is 12.6 Å². The van der Waals surface area contributed by atoms with Gasteiger partial charge in [-0.2, -0.15) is 38.1 Å². The van der Waals surface area contributed by atoms with Crippen LogP contribution in [0.15, 0.2) is 60.7 Å². The van der Waals surface area contributed by atoms with Crippen LogP contribution in [0.25, 0.3) is 10.8 Å². The van der Waals surface area contributed by atoms with Crippen LogP contribution in [-0.4, -0.2) is 65.5 Å². The summed E-state index contributed by atoms with van der Waals surface area (Å²) in [4.78, 5) is 17.0. The second-order valence-electron chi connectivity index (χ2n) is 10.8. The lowest BCUT2D eigenvalue weighted by Gasteiger charge is -2.40. The van der Waals surface area contributed by atoms with E-state index in [0.29, 0.717) is 43.3 Å². The van der Waals surface area contributed by atoms with E-state index < -0.39 is 41.0 Å². The molecule has 3 aromatic rings. The maximum atomic E-state index is 13.7. The number of fused-ring (bicyclic) bond motifs is 1. The second-order valence-corrected chi connectivity index (χ2v) is 12.2. The molecule has 1 unspecified atom stereocenters. The van der Waals surface area contributed by atoms with Gasteiger partial charge in [-0.1, -0.05) is 48.4 Å². The first-order valence-electron chi connectivity index (χ1n) is 14.1. The Balaban J connectivity index is 1.42. The molecule has 2 aliphatic rings. The molecule has 0 radical (unpaired) electrons. The van der Waals surface area contributed by atoms with E-state index in [4.69, 9.17) is 0 Å². The SMILES string of the molecule is O=C(c1cc(C(F)(F)F)cc(C(F)(F)F)c1)N1CCN(C#CCCC2CNCCS2)C[C@H]1Cc1cccc2ccccc12. The van der Waals surface area contributed by atoms with Gasteiger partial charge in [0.2, 0.25) is 0 Å². The van der Waals surface area contributed by atoms with Gasteiger partial charge in [0.15, 0.2) is 0 Å². The van der Waals surface area contributed by atoms with Crippen LogP contribution < -0.4 is 5.32 Å². The van der Waals surface area contributed by atoms with E-state index in [0.717, 1.165) is 41.6 Å². The molecule has 43 heavy (non-hydrogen) atoms. The van der Waals surface area contributed by atoms with Crippen molar-refractivity contribution in [3.63, 3.8) is 0 Å². The molecular formula is C32H31F6N3OS. The number of alkyl halides is 6. The molecule has 2 aliphatic heterocycles. The van der Waals surface area contributed by atoms with Crippen LogP contribution >= 0.6 is 11.8 Å². The van der Waals surface area contributed by atoms with E-state index in [1.165, 1.54) is 4.90 Å². The van der Waals surface area contributed by atoms with Crippen LogP contribution in [0.4, 0.5) is 26.3 Å². The predicted octanol–water partition coefficient (Wildman–Crippen LogP) is 6.69. The van der Waals surface area contributed by atoms with Crippen LogP contribution in [-0.2, 0) is 18.8 Å². The number of carbonyl (C=O) groups excluding carboxylic acids is 1. The molecule has 2 saturated heterocycles. The Morgan fingerprint density at radius 3 is 2.37 bits per heavy atom. The zero-order valence-corrected chi connectivity index (χ0v) is 24.1. The van der Waals surface area contributed by atoms with E-state index in [1.54, 1.807) is 0 Å². The molecule has 4 nitrogen and oxygen atoms in total. The number of carbonyl (C=O) groups is 1. The number of piperazine rings is 1. The Hall–Kier alpha value is -3.36. The number of hydrogen-bond donors (Lipinski definition) is 1. The van der Waals surface area contributed by atoms with Gasteiger partial charge < -0.3 is 15.1 Å². The highest BCUT2D eigenvalue weighted by atomic mass is 32.2. The summed E-state index contributed by atoms with van der Waals surface area (Å²) in [6, 6.07) is 17.2. The first kappa shape index (κ1) is 31.1. The van der Waals surface area contributed by atoms with Gasteiger partial charge in [-0.25, -0.2) is 0 Å². The van der Waals surface area contributed by atoms with Gasteiger partial charge in [0, 0.05) is 61.8 Å². The number of amides is 1. The molecule has 228 valence electrons. The lowest BCUT2D eigenvalue weighted by atomic mass is 9.96. The fourth-order valence-corrected chi connectivity index (χ4v) is 6.69. The third kappa shape index (κ3) is 7.78. The number of hydrogen-bond acceptors (Lipinski definition) is 4. The van der Waals surface area contributed by atoms with Crippen molar-refractivity contribution in [1.29, 1.82) is 0 Å². The smallest absolute Gasteiger partial charge is 0.332 e. The van der Waals surface area contributed by atoms with Gasteiger partial charge in [-0.3, -0.25) is 4.79 Å². The molecule has 0 spiro atoms. The van der Waals surface area contributed by atoms with Crippen molar-refractivity contribution in [3.05, 3.63) is 82.9 Å². The fraction of sp³-hybridized carbons (Fsp3) is 0.406. The largest absolute Gasteiger partial charge is 0.416 e. The lowest BCUT2D eigenvalue weighted by molar-refractivity contribution is -0.143. The van der Waals surface area contributed by atoms with E-state index in [2.05, 4.69) is 17.3 Å². The number of halogens is 6. The quantitative estimate of drug-likeness (QED) is 0.255. The van der Waals surface area contributed by atoms with Crippen LogP contribution in [0, 0.1) is 12.0 Å². The predicted molar refractivity (Wildman–Crippen MR) is 157 cm³/mol. The Bertz CT molecular complexity index is 1470. The molecule has 0 bridgehead atoms. The summed E-state index contributed by atoms with van der Waals surface area (Å²) in [6.07, 6.45) is -8.07. The number of nitrogens with zero attached hydrogens (tertiary/aromatic N) is 2. The molecule has 0 aromatic heterocycles. The Morgan fingerprint density at radius 2 is 1.67 bits per heavy atom. The van der Waals surface area contributed by atoms with Crippen molar-refractivity contribution in [2.24, 2.45) is 0 Å². The number of thioether (sulfide) groups is 1. The standard InChI is InChI=1S/C32H31F6N3OS/c33-31(34,35)25-16-24(17-26(19-25)32(36,37)38)30(42)41-14-13-40(12-4-3-9-28-20-39-11-15-43-28)21-27(41)18-23-8-5-7-22-6-1-2-10-29(22)23/h1-2,5-8,10,16-17,19,27-28,39H,3,9,11,13-15,18,20-21H2/t27-,28?/m1/s1. The molecule has 1 N–H and O–H groups in total. The minimum atomic E-state index is -5.04. The topological polar surface area (TPSA) is 35.6 Å². The minimum Gasteiger partial charge on any atom is -0.332 e. The molecule has 2 fully saturated rings. The maximum absolute atomic E-state index is 13.7. The van der Waals surface area contributed by atoms with Gasteiger partial charge in [-0.05, 0) is 47.4 Å². The monoisotopic (exact) mass is 619 g/mol. The third-order valence-corrected chi connectivity index (χ3v) is 9.06. The Labute approximate surface area is 250 Å². The molecular weight excluding hydrogens is 588 g/mol. The van der Waals surface area contributed by atoms with E-state index >= 15 is 0 Å². The zero-order chi connectivity index (χ0) is 30.6. The number of rotatable bonds is 5. The van der Waals surface area contributed by atoms with E-state index in [9.17, 15) is 31.1 Å². The first-order valence-corrected chi connectivity index (χ1v) is 15.2. The number of benzene rings is 3. The summed E-state index contributed by atoms with van der Waals surface area (Å²) >= 11 is 1.93. The van der Waals surface area contributed by atoms with Crippen molar-refractivity contribution in [1.82, 2.24) is 15.1 Å². The Morgan fingerprint density at radius 1 is 0.953 bits per heavy atom. The highest BCUT2D eigenvalue weighted by molar-refractivity contribution is 8.00. The Kier molecular flexibility index (Phi) is 9.47. The summed E-state index contributed by atoms with van der Waals surface area (Å²) in [6.45, 7) is 2.71. The lowest BCUT2D eigenvalue weighted by Crippen LogP contribution is -2.54. The second kappa shape index (κ2) is 13.1. The molecule has 3 aromatic carbocycles. The fourth-order valence-electron chi connectivity index (χ4n) is 5.57. The van der Waals surface area contributed by atoms with Crippen molar-refractivity contribution < 1.29 is 31.1 Å². The van der Waals surface area contributed by atoms with E-state index in [1.807, 2.05) is 59.1 Å². The van der Waals surface area contributed by atoms with Crippen LogP contribution in [0.5, 0.6) is 0 Å². The summed E-state index contributed by atoms with van der Waals surface area (Å²) in [7, 11) is 0. The van der Waals surface area contributed by atoms with Gasteiger partial charge in [0.05, 0.1) is 17.2 Å². The number of nitrogens with one attached hydrogen (secondary N) is 1. The molecule has 2 atom stereocenters. The van der Waals surface area contributed by atoms with Gasteiger partial charge in [0.25, 0.3) is 5.91 Å². The molecule has 0 aliphatic carbocycles. The normalized spacial score (nSPS) is 19.7. The van der Waals surface area contributed by atoms with Crippen molar-refractivity contribution >= 4 is 28.4 Å². The highest BCUT2D eigenvalue weighted by Crippen LogP contribution is 2.37. The molecule has 1 amide bonds. The summed E-state index contributed by atoms with van der Waals surface area (Å²) in [5, 5.41) is 5.85. The van der Waals surface area contributed by atoms with Crippen LogP contribution in [0.1, 0.15) is 39.9 Å². The van der Waals surface area contributed by atoms with Crippen LogP contribution in [0.3, 0.4) is 0 Å². The van der Waals surface area contributed by atoms with Crippen LogP contribution in [0.2, 0.25) is 0 Å². The molecule has 2 heterocycles. The van der Waals surface area contributed by atoms with Crippen molar-refractivity contribution in [3.8, 4) is 12.0 Å². The maximum Gasteiger partial charge on any atom is 0.416 e. The molecule has 5 rings (SSSR count). The highest BCUT2D eigenvalue weighted by Gasteiger charge is 2.39. The van der Waals surface area contributed by atoms with Gasteiger partial charge in [0.1, 0.15) is 0 Å². The molecule has 0 saturated carbocycles. The van der Waals surface area contributed by atoms with Crippen molar-refractivity contribution in [2.45, 2.75) is 42.9 Å². The summed E-state index contributed by atoms with van der Waals surface area (Å²) < 4.78 is 81.3. The van der Waals surface area contributed by atoms with Crippen molar-refractivity contribution in [2.75, 3.05) is 38.5 Å². The van der Waals surface area contributed by atoms with Gasteiger partial charge in [-0.15, -0.1) is 0 Å².